The van der Waals surface area contributed by atoms with Crippen LogP contribution in [0, 0.1) is 0 Å². The predicted octanol–water partition coefficient (Wildman–Crippen LogP) is 3.51. The maximum atomic E-state index is 12.1. The first-order valence-corrected chi connectivity index (χ1v) is 7.66. The zero-order valence-electron chi connectivity index (χ0n) is 12.0. The van der Waals surface area contributed by atoms with E-state index in [2.05, 4.69) is 36.5 Å². The number of furan rings is 1. The lowest BCUT2D eigenvalue weighted by atomic mass is 10.3. The van der Waals surface area contributed by atoms with E-state index in [0.717, 1.165) is 10.2 Å². The molecule has 0 spiro atoms. The Hall–Kier alpha value is -2.67. The van der Waals surface area contributed by atoms with Crippen molar-refractivity contribution in [2.75, 3.05) is 5.32 Å². The zero-order chi connectivity index (χ0) is 16.1. The lowest BCUT2D eigenvalue weighted by molar-refractivity contribution is 0.0943. The Balaban J connectivity index is 1.66. The van der Waals surface area contributed by atoms with Gasteiger partial charge in [0.15, 0.2) is 0 Å². The molecular formula is C16H13BrN4O2. The SMILES string of the molecule is O=C(NCc1ccco1)c1ccnc(Nc2ccc(Br)cc2)n1. The van der Waals surface area contributed by atoms with E-state index in [0.29, 0.717) is 18.3 Å². The minimum Gasteiger partial charge on any atom is -0.467 e. The van der Waals surface area contributed by atoms with Gasteiger partial charge in [-0.15, -0.1) is 0 Å². The van der Waals surface area contributed by atoms with Crippen LogP contribution >= 0.6 is 15.9 Å². The highest BCUT2D eigenvalue weighted by atomic mass is 79.9. The third-order valence-electron chi connectivity index (χ3n) is 2.99. The lowest BCUT2D eigenvalue weighted by Crippen LogP contribution is -2.23. The first-order valence-electron chi connectivity index (χ1n) is 6.87. The van der Waals surface area contributed by atoms with Crippen molar-refractivity contribution in [2.45, 2.75) is 6.54 Å². The van der Waals surface area contributed by atoms with Crippen molar-refractivity contribution in [1.29, 1.82) is 0 Å². The highest BCUT2D eigenvalue weighted by Gasteiger charge is 2.09. The van der Waals surface area contributed by atoms with Gasteiger partial charge in [0, 0.05) is 16.4 Å². The van der Waals surface area contributed by atoms with Gasteiger partial charge in [-0.3, -0.25) is 4.79 Å². The molecule has 23 heavy (non-hydrogen) atoms. The normalized spacial score (nSPS) is 10.3. The number of amides is 1. The topological polar surface area (TPSA) is 80.0 Å². The molecule has 1 aromatic carbocycles. The second-order valence-electron chi connectivity index (χ2n) is 4.66. The van der Waals surface area contributed by atoms with Crippen LogP contribution in [0.2, 0.25) is 0 Å². The Morgan fingerprint density at radius 1 is 1.17 bits per heavy atom. The molecule has 0 bridgehead atoms. The summed E-state index contributed by atoms with van der Waals surface area (Å²) in [4.78, 5) is 20.4. The molecule has 2 aromatic heterocycles. The van der Waals surface area contributed by atoms with Crippen LogP contribution in [0.3, 0.4) is 0 Å². The monoisotopic (exact) mass is 372 g/mol. The van der Waals surface area contributed by atoms with Gasteiger partial charge in [-0.05, 0) is 42.5 Å². The number of hydrogen-bond acceptors (Lipinski definition) is 5. The van der Waals surface area contributed by atoms with E-state index in [1.165, 1.54) is 6.20 Å². The minimum atomic E-state index is -0.289. The highest BCUT2D eigenvalue weighted by Crippen LogP contribution is 2.17. The minimum absolute atomic E-state index is 0.283. The largest absolute Gasteiger partial charge is 0.467 e. The van der Waals surface area contributed by atoms with Gasteiger partial charge in [-0.1, -0.05) is 15.9 Å². The summed E-state index contributed by atoms with van der Waals surface area (Å²) in [7, 11) is 0. The molecule has 2 heterocycles. The quantitative estimate of drug-likeness (QED) is 0.716. The molecule has 0 saturated heterocycles. The van der Waals surface area contributed by atoms with Crippen LogP contribution in [-0.4, -0.2) is 15.9 Å². The van der Waals surface area contributed by atoms with Gasteiger partial charge in [0.1, 0.15) is 11.5 Å². The molecule has 0 aliphatic carbocycles. The fourth-order valence-electron chi connectivity index (χ4n) is 1.88. The molecule has 7 heteroatoms. The Labute approximate surface area is 141 Å². The average molecular weight is 373 g/mol. The number of nitrogens with one attached hydrogen (secondary N) is 2. The van der Waals surface area contributed by atoms with Gasteiger partial charge in [0.2, 0.25) is 5.95 Å². The summed E-state index contributed by atoms with van der Waals surface area (Å²) in [5.41, 5.74) is 1.12. The number of anilines is 2. The Morgan fingerprint density at radius 2 is 2.00 bits per heavy atom. The second-order valence-corrected chi connectivity index (χ2v) is 5.58. The van der Waals surface area contributed by atoms with Crippen LogP contribution in [-0.2, 0) is 6.54 Å². The molecule has 0 aliphatic rings. The number of benzene rings is 1. The summed E-state index contributed by atoms with van der Waals surface area (Å²) in [6.45, 7) is 0.311. The molecule has 0 fully saturated rings. The van der Waals surface area contributed by atoms with Crippen molar-refractivity contribution in [3.05, 3.63) is 70.9 Å². The molecule has 0 aliphatic heterocycles. The fraction of sp³-hybridized carbons (Fsp3) is 0.0625. The number of carbonyl (C=O) groups excluding carboxylic acids is 1. The molecule has 3 aromatic rings. The van der Waals surface area contributed by atoms with Gasteiger partial charge >= 0.3 is 0 Å². The summed E-state index contributed by atoms with van der Waals surface area (Å²) in [6, 6.07) is 12.7. The summed E-state index contributed by atoms with van der Waals surface area (Å²) >= 11 is 3.38. The number of nitrogens with zero attached hydrogens (tertiary/aromatic N) is 2. The van der Waals surface area contributed by atoms with Gasteiger partial charge < -0.3 is 15.1 Å². The van der Waals surface area contributed by atoms with E-state index in [4.69, 9.17) is 4.42 Å². The first kappa shape index (κ1) is 15.2. The summed E-state index contributed by atoms with van der Waals surface area (Å²) < 4.78 is 6.15. The smallest absolute Gasteiger partial charge is 0.270 e. The van der Waals surface area contributed by atoms with E-state index in [9.17, 15) is 4.79 Å². The van der Waals surface area contributed by atoms with E-state index in [1.54, 1.807) is 24.5 Å². The molecule has 2 N–H and O–H groups in total. The van der Waals surface area contributed by atoms with Gasteiger partial charge in [-0.25, -0.2) is 9.97 Å². The van der Waals surface area contributed by atoms with E-state index < -0.39 is 0 Å². The van der Waals surface area contributed by atoms with E-state index in [-0.39, 0.29) is 11.6 Å². The molecule has 116 valence electrons. The lowest BCUT2D eigenvalue weighted by Gasteiger charge is -2.07. The predicted molar refractivity (Wildman–Crippen MR) is 89.3 cm³/mol. The van der Waals surface area contributed by atoms with Crippen molar-refractivity contribution < 1.29 is 9.21 Å². The van der Waals surface area contributed by atoms with Crippen LogP contribution in [0.5, 0.6) is 0 Å². The molecule has 0 radical (unpaired) electrons. The number of halogens is 1. The number of rotatable bonds is 5. The zero-order valence-corrected chi connectivity index (χ0v) is 13.6. The molecule has 0 atom stereocenters. The summed E-state index contributed by atoms with van der Waals surface area (Å²) in [5, 5.41) is 5.80. The first-order chi connectivity index (χ1) is 11.2. The highest BCUT2D eigenvalue weighted by molar-refractivity contribution is 9.10. The fourth-order valence-corrected chi connectivity index (χ4v) is 2.14. The van der Waals surface area contributed by atoms with Crippen LogP contribution in [0.4, 0.5) is 11.6 Å². The van der Waals surface area contributed by atoms with Crippen molar-refractivity contribution in [1.82, 2.24) is 15.3 Å². The third kappa shape index (κ3) is 4.17. The second kappa shape index (κ2) is 7.06. The Morgan fingerprint density at radius 3 is 2.74 bits per heavy atom. The van der Waals surface area contributed by atoms with Crippen LogP contribution in [0.15, 0.2) is 63.8 Å². The number of hydrogen-bond donors (Lipinski definition) is 2. The van der Waals surface area contributed by atoms with E-state index in [1.807, 2.05) is 24.3 Å². The van der Waals surface area contributed by atoms with Gasteiger partial charge in [0.05, 0.1) is 12.8 Å². The number of carbonyl (C=O) groups is 1. The Kier molecular flexibility index (Phi) is 4.68. The third-order valence-corrected chi connectivity index (χ3v) is 3.52. The standard InChI is InChI=1S/C16H13BrN4O2/c17-11-3-5-12(6-4-11)20-16-18-8-7-14(21-16)15(22)19-10-13-2-1-9-23-13/h1-9H,10H2,(H,19,22)(H,18,20,21). The van der Waals surface area contributed by atoms with E-state index >= 15 is 0 Å². The van der Waals surface area contributed by atoms with Gasteiger partial charge in [0.25, 0.3) is 5.91 Å². The molecular weight excluding hydrogens is 360 g/mol. The van der Waals surface area contributed by atoms with Gasteiger partial charge in [-0.2, -0.15) is 0 Å². The summed E-state index contributed by atoms with van der Waals surface area (Å²) in [6.07, 6.45) is 3.10. The van der Waals surface area contributed by atoms with Crippen molar-refractivity contribution >= 4 is 33.5 Å². The van der Waals surface area contributed by atoms with Crippen molar-refractivity contribution in [2.24, 2.45) is 0 Å². The molecule has 0 unspecified atom stereocenters. The number of aromatic nitrogens is 2. The average Bonchev–Trinajstić information content (AvgIpc) is 3.08. The van der Waals surface area contributed by atoms with Crippen molar-refractivity contribution in [3.8, 4) is 0 Å². The van der Waals surface area contributed by atoms with Crippen LogP contribution < -0.4 is 10.6 Å². The maximum absolute atomic E-state index is 12.1. The molecule has 3 rings (SSSR count). The van der Waals surface area contributed by atoms with Crippen LogP contribution in [0.1, 0.15) is 16.2 Å². The van der Waals surface area contributed by atoms with Crippen LogP contribution in [0.25, 0.3) is 0 Å². The molecule has 1 amide bonds. The molecule has 6 nitrogen and oxygen atoms in total. The summed E-state index contributed by atoms with van der Waals surface area (Å²) in [5.74, 6) is 0.751. The maximum Gasteiger partial charge on any atom is 0.270 e. The molecule has 0 saturated carbocycles. The Bertz CT molecular complexity index is 788. The van der Waals surface area contributed by atoms with Crippen molar-refractivity contribution in [3.63, 3.8) is 0 Å².